The number of halogens is 2. The molecule has 0 amide bonds. The molecule has 0 fully saturated rings. The van der Waals surface area contributed by atoms with E-state index in [4.69, 9.17) is 36.0 Å². The van der Waals surface area contributed by atoms with E-state index >= 15 is 0 Å². The third-order valence-electron chi connectivity index (χ3n) is 9.96. The number of hydrogen-bond donors (Lipinski definition) is 1. The number of benzene rings is 3. The molecule has 3 aromatic carbocycles. The molecule has 1 N–H and O–H groups in total. The maximum atomic E-state index is 14.4. The molecule has 3 aromatic heterocycles. The Kier molecular flexibility index (Phi) is 9.62. The first kappa shape index (κ1) is 34.7. The zero-order valence-electron chi connectivity index (χ0n) is 29.4. The van der Waals surface area contributed by atoms with Crippen molar-refractivity contribution in [2.45, 2.75) is 58.8 Å². The Bertz CT molecular complexity index is 2290. The minimum absolute atomic E-state index is 0.118. The van der Waals surface area contributed by atoms with Gasteiger partial charge in [-0.1, -0.05) is 17.7 Å². The topological polar surface area (TPSA) is 106 Å². The van der Waals surface area contributed by atoms with Gasteiger partial charge in [-0.05, 0) is 92.1 Å². The largest absolute Gasteiger partial charge is 0.493 e. The number of hydrogen-bond acceptors (Lipinski definition) is 7. The van der Waals surface area contributed by atoms with Crippen LogP contribution in [-0.2, 0) is 49.6 Å². The number of aliphatic hydroxyl groups excluding tert-OH is 1. The zero-order valence-corrected chi connectivity index (χ0v) is 30.2. The third kappa shape index (κ3) is 6.39. The van der Waals surface area contributed by atoms with E-state index in [0.717, 1.165) is 61.0 Å². The van der Waals surface area contributed by atoms with Gasteiger partial charge in [0.1, 0.15) is 23.4 Å². The molecule has 1 aliphatic rings. The first-order chi connectivity index (χ1) is 24.6. The second kappa shape index (κ2) is 14.1. The molecule has 1 aliphatic heterocycles. The van der Waals surface area contributed by atoms with E-state index in [9.17, 15) is 14.3 Å². The minimum Gasteiger partial charge on any atom is -0.493 e. The van der Waals surface area contributed by atoms with Gasteiger partial charge < -0.3 is 23.9 Å². The molecule has 6 aromatic rings. The van der Waals surface area contributed by atoms with Gasteiger partial charge >= 0.3 is 5.97 Å². The number of ether oxygens (including phenoxy) is 3. The quantitative estimate of drug-likeness (QED) is 0.192. The van der Waals surface area contributed by atoms with Crippen LogP contribution >= 0.6 is 11.6 Å². The number of esters is 1. The Balaban J connectivity index is 1.40. The second-order valence-electron chi connectivity index (χ2n) is 13.1. The summed E-state index contributed by atoms with van der Waals surface area (Å²) in [6.45, 7) is 4.77. The highest BCUT2D eigenvalue weighted by Gasteiger charge is 2.30. The summed E-state index contributed by atoms with van der Waals surface area (Å²) in [6.07, 6.45) is 1.67. The molecule has 0 saturated carbocycles. The molecule has 7 rings (SSSR count). The van der Waals surface area contributed by atoms with E-state index in [-0.39, 0.29) is 19.0 Å². The summed E-state index contributed by atoms with van der Waals surface area (Å²) in [5, 5.41) is 22.7. The van der Waals surface area contributed by atoms with Crippen molar-refractivity contribution >= 4 is 39.2 Å². The summed E-state index contributed by atoms with van der Waals surface area (Å²) in [5.74, 6) is -0.0878. The van der Waals surface area contributed by atoms with E-state index in [1.165, 1.54) is 19.2 Å². The summed E-state index contributed by atoms with van der Waals surface area (Å²) in [4.78, 5) is 13.4. The lowest BCUT2D eigenvalue weighted by Crippen LogP contribution is -2.13. The van der Waals surface area contributed by atoms with Gasteiger partial charge in [0.05, 0.1) is 31.7 Å². The lowest BCUT2D eigenvalue weighted by molar-refractivity contribution is 0.0184. The van der Waals surface area contributed by atoms with Crippen LogP contribution in [0.1, 0.15) is 63.3 Å². The van der Waals surface area contributed by atoms with Crippen molar-refractivity contribution in [3.05, 3.63) is 99.0 Å². The van der Waals surface area contributed by atoms with Crippen LogP contribution < -0.4 is 4.74 Å². The van der Waals surface area contributed by atoms with Crippen LogP contribution in [0.2, 0.25) is 5.02 Å². The van der Waals surface area contributed by atoms with E-state index in [2.05, 4.69) is 0 Å². The van der Waals surface area contributed by atoms with Crippen molar-refractivity contribution < 1.29 is 28.5 Å². The lowest BCUT2D eigenvalue weighted by Gasteiger charge is -2.18. The normalized spacial score (nSPS) is 15.5. The molecule has 51 heavy (non-hydrogen) atoms. The number of methoxy groups -OCH3 is 1. The molecule has 0 radical (unpaired) electrons. The third-order valence-corrected chi connectivity index (χ3v) is 10.3. The fourth-order valence-corrected chi connectivity index (χ4v) is 7.65. The summed E-state index contributed by atoms with van der Waals surface area (Å²) in [5.41, 5.74) is 7.79. The van der Waals surface area contributed by atoms with E-state index in [1.54, 1.807) is 10.7 Å². The van der Waals surface area contributed by atoms with Gasteiger partial charge in [0.25, 0.3) is 0 Å². The van der Waals surface area contributed by atoms with Crippen LogP contribution in [0.4, 0.5) is 4.39 Å². The van der Waals surface area contributed by atoms with E-state index in [1.807, 2.05) is 67.5 Å². The Hall–Kier alpha value is -4.71. The Morgan fingerprint density at radius 3 is 2.67 bits per heavy atom. The van der Waals surface area contributed by atoms with Gasteiger partial charge in [0, 0.05) is 77.5 Å². The molecular formula is C39H41ClFN5O5. The van der Waals surface area contributed by atoms with Crippen LogP contribution in [0, 0.1) is 19.7 Å². The van der Waals surface area contributed by atoms with E-state index in [0.29, 0.717) is 61.0 Å². The van der Waals surface area contributed by atoms with Gasteiger partial charge in [-0.2, -0.15) is 10.2 Å². The van der Waals surface area contributed by atoms with Crippen LogP contribution in [0.15, 0.2) is 48.5 Å². The van der Waals surface area contributed by atoms with Crippen LogP contribution in [0.5, 0.6) is 5.75 Å². The Morgan fingerprint density at radius 2 is 1.88 bits per heavy atom. The molecule has 8 bridgehead atoms. The molecule has 12 heteroatoms. The van der Waals surface area contributed by atoms with Crippen molar-refractivity contribution in [1.82, 2.24) is 24.1 Å². The molecule has 0 spiro atoms. The first-order valence-corrected chi connectivity index (χ1v) is 17.5. The monoisotopic (exact) mass is 713 g/mol. The number of rotatable bonds is 3. The van der Waals surface area contributed by atoms with Gasteiger partial charge in [-0.25, -0.2) is 9.18 Å². The van der Waals surface area contributed by atoms with Crippen molar-refractivity contribution in [3.8, 4) is 16.9 Å². The molecule has 10 nitrogen and oxygen atoms in total. The smallest absolute Gasteiger partial charge is 0.354 e. The molecule has 0 saturated heterocycles. The first-order valence-electron chi connectivity index (χ1n) is 17.1. The van der Waals surface area contributed by atoms with Crippen molar-refractivity contribution in [2.24, 2.45) is 14.1 Å². The minimum atomic E-state index is -0.577. The van der Waals surface area contributed by atoms with Gasteiger partial charge in [0.2, 0.25) is 0 Å². The lowest BCUT2D eigenvalue weighted by atomic mass is 9.94. The fourth-order valence-electron chi connectivity index (χ4n) is 7.40. The maximum Gasteiger partial charge on any atom is 0.354 e. The summed E-state index contributed by atoms with van der Waals surface area (Å²) >= 11 is 7.08. The number of nitrogens with zero attached hydrogens (tertiary/aromatic N) is 5. The highest BCUT2D eigenvalue weighted by atomic mass is 35.5. The number of carbonyl (C=O) groups is 1. The fraction of sp³-hybridized carbons (Fsp3) is 0.359. The predicted octanol–water partition coefficient (Wildman–Crippen LogP) is 7.33. The number of fused-ring (bicyclic) bond motifs is 8. The zero-order chi connectivity index (χ0) is 36.0. The van der Waals surface area contributed by atoms with Gasteiger partial charge in [-0.15, -0.1) is 0 Å². The van der Waals surface area contributed by atoms with E-state index < -0.39 is 12.1 Å². The van der Waals surface area contributed by atoms with Crippen LogP contribution in [0.25, 0.3) is 32.8 Å². The Morgan fingerprint density at radius 1 is 1.06 bits per heavy atom. The second-order valence-corrected chi connectivity index (χ2v) is 13.5. The average molecular weight is 714 g/mol. The molecule has 1 unspecified atom stereocenters. The standard InChI is InChI=1S/C39H41ClFN5O5/c1-22-34-31-12-11-30(40)36(34)35-23(2)44(3)43-37(35)32(13-15-47)51-21-27-20-28(45(4)42-27)9-7-24-17-25-19-26(41)8-10-29(25)33(18-24)50-16-6-14-46(31)38(22)39(48)49-5/h8,10-12,17-20,32,47H,6-7,9,13-16,21H2,1-5H3. The van der Waals surface area contributed by atoms with Crippen molar-refractivity contribution in [3.63, 3.8) is 0 Å². The number of aryl methyl sites for hydroxylation is 6. The van der Waals surface area contributed by atoms with Gasteiger partial charge in [0.15, 0.2) is 0 Å². The SMILES string of the molecule is COC(=O)c1c(C)c2c3c(Cl)ccc2n1CCCOc1cc(cc2cc(F)ccc12)CCc1cc(nn1C)COC(CCO)c1nn(C)c(C)c1-3. The Labute approximate surface area is 300 Å². The maximum absolute atomic E-state index is 14.4. The number of carbonyl (C=O) groups excluding carboxylic acids is 1. The summed E-state index contributed by atoms with van der Waals surface area (Å²) in [6, 6.07) is 14.6. The van der Waals surface area contributed by atoms with Crippen molar-refractivity contribution in [1.29, 1.82) is 0 Å². The molecule has 4 heterocycles. The molecule has 1 atom stereocenters. The average Bonchev–Trinajstić information content (AvgIpc) is 3.72. The number of aliphatic hydroxyl groups is 1. The summed E-state index contributed by atoms with van der Waals surface area (Å²) in [7, 11) is 5.16. The summed E-state index contributed by atoms with van der Waals surface area (Å²) < 4.78 is 38.2. The van der Waals surface area contributed by atoms with Crippen LogP contribution in [0.3, 0.4) is 0 Å². The highest BCUT2D eigenvalue weighted by Crippen LogP contribution is 2.44. The highest BCUT2D eigenvalue weighted by molar-refractivity contribution is 6.35. The molecular weight excluding hydrogens is 673 g/mol. The van der Waals surface area contributed by atoms with Gasteiger partial charge in [-0.3, -0.25) is 9.36 Å². The molecule has 0 aliphatic carbocycles. The number of aromatic nitrogens is 5. The molecule has 266 valence electrons. The van der Waals surface area contributed by atoms with Crippen molar-refractivity contribution in [2.75, 3.05) is 20.3 Å². The van der Waals surface area contributed by atoms with Crippen LogP contribution in [-0.4, -0.2) is 55.5 Å². The predicted molar refractivity (Wildman–Crippen MR) is 194 cm³/mol.